The third-order valence-electron chi connectivity index (χ3n) is 4.25. The van der Waals surface area contributed by atoms with Gasteiger partial charge >= 0.3 is 6.18 Å². The number of thioether (sulfide) groups is 1. The number of nitrogens with one attached hydrogen (secondary N) is 1. The lowest BCUT2D eigenvalue weighted by molar-refractivity contribution is -0.137. The van der Waals surface area contributed by atoms with E-state index < -0.39 is 28.8 Å². The molecule has 1 N–H and O–H groups in total. The fourth-order valence-electron chi connectivity index (χ4n) is 2.73. The zero-order valence-electron chi connectivity index (χ0n) is 16.1. The molecule has 0 radical (unpaired) electrons. The van der Waals surface area contributed by atoms with Crippen molar-refractivity contribution in [1.82, 2.24) is 4.90 Å². The molecule has 0 unspecified atom stereocenters. The highest BCUT2D eigenvalue weighted by Crippen LogP contribution is 2.32. The molecule has 160 valence electrons. The van der Waals surface area contributed by atoms with E-state index in [4.69, 9.17) is 0 Å². The summed E-state index contributed by atoms with van der Waals surface area (Å²) in [5.74, 6) is -1.12. The summed E-state index contributed by atoms with van der Waals surface area (Å²) in [7, 11) is 0. The number of alkyl halides is 3. The third-order valence-corrected chi connectivity index (χ3v) is 5.17. The van der Waals surface area contributed by atoms with Gasteiger partial charge in [0.15, 0.2) is 0 Å². The summed E-state index contributed by atoms with van der Waals surface area (Å²) in [4.78, 5) is 37.8. The summed E-state index contributed by atoms with van der Waals surface area (Å²) in [5.41, 5.74) is 0.0362. The molecule has 9 heteroatoms. The van der Waals surface area contributed by atoms with Gasteiger partial charge in [0.1, 0.15) is 0 Å². The maximum Gasteiger partial charge on any atom is 0.416 e. The molecule has 0 spiro atoms. The van der Waals surface area contributed by atoms with E-state index in [1.165, 1.54) is 18.2 Å². The molecule has 0 aromatic heterocycles. The number of carbonyl (C=O) groups excluding carboxylic acids is 3. The molecule has 3 amide bonds. The molecule has 0 bridgehead atoms. The largest absolute Gasteiger partial charge is 0.416 e. The summed E-state index contributed by atoms with van der Waals surface area (Å²) in [5, 5.41) is 1.85. The standard InChI is InChI=1S/C22H17F3N2O3S/c23-22(24,25)16-9-5-10-17(14-16)26-19(28)12-13-27-20(29)18(31-21(27)30)11-4-8-15-6-2-1-3-7-15/h1-11,14H,12-13H2,(H,26,28). The normalized spacial score (nSPS) is 15.8. The maximum absolute atomic E-state index is 12.8. The van der Waals surface area contributed by atoms with Crippen LogP contribution in [0, 0.1) is 0 Å². The highest BCUT2D eigenvalue weighted by atomic mass is 32.2. The van der Waals surface area contributed by atoms with Gasteiger partial charge in [0, 0.05) is 18.7 Å². The quantitative estimate of drug-likeness (QED) is 0.610. The van der Waals surface area contributed by atoms with Gasteiger partial charge in [0.05, 0.1) is 10.5 Å². The van der Waals surface area contributed by atoms with Crippen molar-refractivity contribution in [2.75, 3.05) is 11.9 Å². The van der Waals surface area contributed by atoms with Crippen molar-refractivity contribution in [2.24, 2.45) is 0 Å². The molecule has 5 nitrogen and oxygen atoms in total. The van der Waals surface area contributed by atoms with Crippen LogP contribution >= 0.6 is 11.8 Å². The van der Waals surface area contributed by atoms with Gasteiger partial charge in [-0.2, -0.15) is 13.2 Å². The van der Waals surface area contributed by atoms with Crippen LogP contribution in [0.5, 0.6) is 0 Å². The Labute approximate surface area is 180 Å². The van der Waals surface area contributed by atoms with E-state index >= 15 is 0 Å². The number of anilines is 1. The summed E-state index contributed by atoms with van der Waals surface area (Å²) >= 11 is 0.768. The van der Waals surface area contributed by atoms with Gasteiger partial charge in [0.2, 0.25) is 5.91 Å². The Kier molecular flexibility index (Phi) is 6.96. The third kappa shape index (κ3) is 6.08. The Balaban J connectivity index is 1.56. The predicted octanol–water partition coefficient (Wildman–Crippen LogP) is 5.33. The summed E-state index contributed by atoms with van der Waals surface area (Å²) < 4.78 is 38.3. The van der Waals surface area contributed by atoms with Gasteiger partial charge in [0.25, 0.3) is 11.1 Å². The number of hydrogen-bond acceptors (Lipinski definition) is 4. The minimum absolute atomic E-state index is 0.0140. The molecule has 1 saturated heterocycles. The van der Waals surface area contributed by atoms with E-state index in [0.29, 0.717) is 0 Å². The topological polar surface area (TPSA) is 66.5 Å². The van der Waals surface area contributed by atoms with Crippen LogP contribution in [0.15, 0.2) is 71.7 Å². The van der Waals surface area contributed by atoms with Crippen LogP contribution in [0.3, 0.4) is 0 Å². The molecule has 1 aliphatic heterocycles. The van der Waals surface area contributed by atoms with Gasteiger partial charge in [-0.15, -0.1) is 0 Å². The number of benzene rings is 2. The van der Waals surface area contributed by atoms with Crippen molar-refractivity contribution >= 4 is 40.6 Å². The lowest BCUT2D eigenvalue weighted by Crippen LogP contribution is -2.31. The van der Waals surface area contributed by atoms with E-state index in [1.54, 1.807) is 12.2 Å². The number of hydrogen-bond donors (Lipinski definition) is 1. The van der Waals surface area contributed by atoms with Crippen LogP contribution in [0.1, 0.15) is 17.5 Å². The lowest BCUT2D eigenvalue weighted by atomic mass is 10.2. The van der Waals surface area contributed by atoms with E-state index in [-0.39, 0.29) is 23.6 Å². The van der Waals surface area contributed by atoms with Crippen LogP contribution < -0.4 is 5.32 Å². The first-order valence-corrected chi connectivity index (χ1v) is 10.00. The van der Waals surface area contributed by atoms with Crippen molar-refractivity contribution in [3.63, 3.8) is 0 Å². The van der Waals surface area contributed by atoms with Crippen molar-refractivity contribution in [3.05, 3.63) is 82.8 Å². The van der Waals surface area contributed by atoms with Crippen LogP contribution in [0.25, 0.3) is 6.08 Å². The number of nitrogens with zero attached hydrogens (tertiary/aromatic N) is 1. The first kappa shape index (κ1) is 22.4. The number of halogens is 3. The Morgan fingerprint density at radius 3 is 2.52 bits per heavy atom. The van der Waals surface area contributed by atoms with Crippen molar-refractivity contribution in [2.45, 2.75) is 12.6 Å². The van der Waals surface area contributed by atoms with Crippen molar-refractivity contribution in [3.8, 4) is 0 Å². The van der Waals surface area contributed by atoms with Crippen LogP contribution in [-0.2, 0) is 15.8 Å². The Morgan fingerprint density at radius 2 is 1.81 bits per heavy atom. The molecule has 0 atom stereocenters. The first-order chi connectivity index (χ1) is 14.7. The average Bonchev–Trinajstić information content (AvgIpc) is 2.99. The smallest absolute Gasteiger partial charge is 0.326 e. The summed E-state index contributed by atoms with van der Waals surface area (Å²) in [6.07, 6.45) is 0.218. The molecule has 2 aromatic carbocycles. The second-order valence-electron chi connectivity index (χ2n) is 6.50. The molecule has 3 rings (SSSR count). The van der Waals surface area contributed by atoms with Crippen molar-refractivity contribution < 1.29 is 27.6 Å². The minimum atomic E-state index is -4.52. The highest BCUT2D eigenvalue weighted by Gasteiger charge is 2.35. The fourth-order valence-corrected chi connectivity index (χ4v) is 3.54. The molecule has 1 fully saturated rings. The summed E-state index contributed by atoms with van der Waals surface area (Å²) in [6.45, 7) is -0.171. The van der Waals surface area contributed by atoms with E-state index in [2.05, 4.69) is 5.32 Å². The Morgan fingerprint density at radius 1 is 1.06 bits per heavy atom. The number of imide groups is 1. The molecular weight excluding hydrogens is 429 g/mol. The van der Waals surface area contributed by atoms with Crippen LogP contribution in [0.4, 0.5) is 23.7 Å². The molecule has 0 saturated carbocycles. The predicted molar refractivity (Wildman–Crippen MR) is 113 cm³/mol. The monoisotopic (exact) mass is 446 g/mol. The van der Waals surface area contributed by atoms with Crippen LogP contribution in [0.2, 0.25) is 0 Å². The summed E-state index contributed by atoms with van der Waals surface area (Å²) in [6, 6.07) is 13.6. The number of carbonyl (C=O) groups is 3. The zero-order valence-corrected chi connectivity index (χ0v) is 16.9. The van der Waals surface area contributed by atoms with Gasteiger partial charge in [-0.25, -0.2) is 0 Å². The van der Waals surface area contributed by atoms with Crippen molar-refractivity contribution in [1.29, 1.82) is 0 Å². The minimum Gasteiger partial charge on any atom is -0.326 e. The molecule has 1 aliphatic rings. The molecule has 0 aliphatic carbocycles. The zero-order chi connectivity index (χ0) is 22.4. The first-order valence-electron chi connectivity index (χ1n) is 9.18. The second-order valence-corrected chi connectivity index (χ2v) is 7.50. The van der Waals surface area contributed by atoms with Gasteiger partial charge < -0.3 is 5.32 Å². The van der Waals surface area contributed by atoms with Gasteiger partial charge in [-0.05, 0) is 41.6 Å². The number of rotatable bonds is 6. The molecule has 1 heterocycles. The Hall–Kier alpha value is -3.33. The molecule has 31 heavy (non-hydrogen) atoms. The van der Waals surface area contributed by atoms with Gasteiger partial charge in [-0.3, -0.25) is 19.3 Å². The Bertz CT molecular complexity index is 1050. The van der Waals surface area contributed by atoms with E-state index in [1.807, 2.05) is 30.3 Å². The lowest BCUT2D eigenvalue weighted by Gasteiger charge is -2.13. The van der Waals surface area contributed by atoms with E-state index in [0.717, 1.165) is 34.4 Å². The average molecular weight is 446 g/mol. The van der Waals surface area contributed by atoms with Crippen LogP contribution in [-0.4, -0.2) is 28.5 Å². The fraction of sp³-hybridized carbons (Fsp3) is 0.136. The number of allylic oxidation sites excluding steroid dienone is 2. The number of amides is 3. The molecule has 2 aromatic rings. The SMILES string of the molecule is O=C(CCN1C(=O)SC(=CC=Cc2ccccc2)C1=O)Nc1cccc(C(F)(F)F)c1. The maximum atomic E-state index is 12.8. The molecular formula is C22H17F3N2O3S. The highest BCUT2D eigenvalue weighted by molar-refractivity contribution is 8.18. The van der Waals surface area contributed by atoms with E-state index in [9.17, 15) is 27.6 Å². The van der Waals surface area contributed by atoms with Gasteiger partial charge in [-0.1, -0.05) is 48.6 Å². The second kappa shape index (κ2) is 9.65.